The summed E-state index contributed by atoms with van der Waals surface area (Å²) in [6.45, 7) is 6.03. The molecule has 0 aliphatic heterocycles. The number of aromatic hydroxyl groups is 1. The summed E-state index contributed by atoms with van der Waals surface area (Å²) in [5.41, 5.74) is 4.00. The highest BCUT2D eigenvalue weighted by Gasteiger charge is 2.28. The molecule has 1 atom stereocenters. The van der Waals surface area contributed by atoms with Crippen molar-refractivity contribution < 1.29 is 34.0 Å². The predicted octanol–water partition coefficient (Wildman–Crippen LogP) is 8.72. The highest BCUT2D eigenvalue weighted by Crippen LogP contribution is 2.45. The summed E-state index contributed by atoms with van der Waals surface area (Å²) < 4.78 is 19.6. The molecular weight excluding hydrogens is 668 g/mol. The molecule has 0 fully saturated rings. The van der Waals surface area contributed by atoms with Gasteiger partial charge in [0.05, 0.1) is 28.0 Å². The minimum Gasteiger partial charge on any atom is -0.508 e. The Kier molecular flexibility index (Phi) is 9.96. The molecule has 0 heterocycles. The molecule has 1 unspecified atom stereocenters. The molecule has 0 saturated carbocycles. The Hall–Kier alpha value is -3.82. The number of benzene rings is 4. The van der Waals surface area contributed by atoms with Crippen molar-refractivity contribution >= 4 is 43.8 Å². The lowest BCUT2D eigenvalue weighted by atomic mass is 9.94. The number of ether oxygens (including phenoxy) is 3. The molecule has 0 radical (unpaired) electrons. The molecule has 0 bridgehead atoms. The molecule has 9 heteroatoms. The van der Waals surface area contributed by atoms with E-state index in [1.165, 1.54) is 24.3 Å². The number of carboxylic acids is 1. The topological polar surface area (TPSA) is 102 Å². The van der Waals surface area contributed by atoms with Gasteiger partial charge in [-0.05, 0) is 104 Å². The van der Waals surface area contributed by atoms with E-state index in [0.717, 1.165) is 16.7 Å². The Morgan fingerprint density at radius 3 is 2.10 bits per heavy atom. The van der Waals surface area contributed by atoms with E-state index in [4.69, 9.17) is 14.2 Å². The van der Waals surface area contributed by atoms with Gasteiger partial charge in [0.1, 0.15) is 17.2 Å². The zero-order valence-corrected chi connectivity index (χ0v) is 26.7. The molecule has 7 nitrogen and oxygen atoms in total. The van der Waals surface area contributed by atoms with E-state index in [1.54, 1.807) is 19.2 Å². The highest BCUT2D eigenvalue weighted by molar-refractivity contribution is 9.11. The van der Waals surface area contributed by atoms with Crippen LogP contribution in [-0.4, -0.2) is 29.3 Å². The lowest BCUT2D eigenvalue weighted by molar-refractivity contribution is -0.136. The van der Waals surface area contributed by atoms with Crippen LogP contribution in [0.5, 0.6) is 23.0 Å². The number of carboxylic acid groups (broad SMARTS) is 1. The first-order chi connectivity index (χ1) is 20.0. The fraction of sp³-hybridized carbons (Fsp3) is 0.212. The van der Waals surface area contributed by atoms with Crippen molar-refractivity contribution in [2.75, 3.05) is 7.11 Å². The summed E-state index contributed by atoms with van der Waals surface area (Å²) >= 11 is 7.07. The quantitative estimate of drug-likeness (QED) is 0.160. The minimum atomic E-state index is -0.946. The van der Waals surface area contributed by atoms with Crippen molar-refractivity contribution in [3.63, 3.8) is 0 Å². The number of esters is 1. The van der Waals surface area contributed by atoms with Crippen LogP contribution < -0.4 is 9.47 Å². The molecule has 0 aliphatic rings. The first kappa shape index (κ1) is 31.1. The van der Waals surface area contributed by atoms with E-state index in [-0.39, 0.29) is 23.7 Å². The molecule has 218 valence electrons. The summed E-state index contributed by atoms with van der Waals surface area (Å²) in [5, 5.41) is 18.9. The number of carbonyl (C=O) groups excluding carboxylic acids is 1. The molecular formula is C33H30Br2O7. The highest BCUT2D eigenvalue weighted by atomic mass is 79.9. The van der Waals surface area contributed by atoms with Crippen LogP contribution in [0.2, 0.25) is 0 Å². The second-order valence-electron chi connectivity index (χ2n) is 10.1. The lowest BCUT2D eigenvalue weighted by Crippen LogP contribution is -2.15. The van der Waals surface area contributed by atoms with E-state index in [2.05, 4.69) is 31.9 Å². The van der Waals surface area contributed by atoms with Crippen molar-refractivity contribution in [3.8, 4) is 23.0 Å². The smallest absolute Gasteiger partial charge is 0.339 e. The standard InChI is InChI=1S/C33H30Br2O7/c1-18(2)24-16-29(41-32-26(34)13-20(14-27(32)35)15-30(37)38)25(17-28(24)40-4)31(22-7-5-6-19(3)12-22)42-33(39)21-8-10-23(36)11-9-21/h5-14,16-18,31,36H,15H2,1-4H3,(H,37,38). The Balaban J connectivity index is 1.89. The van der Waals surface area contributed by atoms with Gasteiger partial charge in [0.2, 0.25) is 0 Å². The predicted molar refractivity (Wildman–Crippen MR) is 167 cm³/mol. The van der Waals surface area contributed by atoms with E-state index in [0.29, 0.717) is 37.3 Å². The summed E-state index contributed by atoms with van der Waals surface area (Å²) in [4.78, 5) is 24.7. The van der Waals surface area contributed by atoms with Gasteiger partial charge in [-0.3, -0.25) is 4.79 Å². The average Bonchev–Trinajstić information content (AvgIpc) is 2.93. The van der Waals surface area contributed by atoms with Gasteiger partial charge in [-0.25, -0.2) is 4.79 Å². The largest absolute Gasteiger partial charge is 0.508 e. The number of rotatable bonds is 10. The Bertz CT molecular complexity index is 1590. The van der Waals surface area contributed by atoms with Crippen LogP contribution in [0.25, 0.3) is 0 Å². The number of phenolic OH excluding ortho intramolecular Hbond substituents is 1. The van der Waals surface area contributed by atoms with Gasteiger partial charge in [0.25, 0.3) is 0 Å². The van der Waals surface area contributed by atoms with Crippen molar-refractivity contribution in [1.29, 1.82) is 0 Å². The van der Waals surface area contributed by atoms with Gasteiger partial charge in [-0.1, -0.05) is 43.7 Å². The Labute approximate surface area is 261 Å². The number of aliphatic carboxylic acids is 1. The maximum Gasteiger partial charge on any atom is 0.339 e. The summed E-state index contributed by atoms with van der Waals surface area (Å²) in [6, 6.07) is 20.6. The van der Waals surface area contributed by atoms with E-state index >= 15 is 0 Å². The van der Waals surface area contributed by atoms with E-state index in [1.807, 2.05) is 57.2 Å². The van der Waals surface area contributed by atoms with E-state index in [9.17, 15) is 19.8 Å². The van der Waals surface area contributed by atoms with Crippen LogP contribution in [0.4, 0.5) is 0 Å². The van der Waals surface area contributed by atoms with Crippen LogP contribution in [-0.2, 0) is 16.0 Å². The Morgan fingerprint density at radius 1 is 0.881 bits per heavy atom. The average molecular weight is 698 g/mol. The maximum atomic E-state index is 13.4. The van der Waals surface area contributed by atoms with Crippen LogP contribution in [0.15, 0.2) is 81.7 Å². The molecule has 42 heavy (non-hydrogen) atoms. The fourth-order valence-corrected chi connectivity index (χ4v) is 5.97. The fourth-order valence-electron chi connectivity index (χ4n) is 4.53. The molecule has 0 aromatic heterocycles. The van der Waals surface area contributed by atoms with Gasteiger partial charge in [-0.15, -0.1) is 0 Å². The van der Waals surface area contributed by atoms with Crippen LogP contribution in [0, 0.1) is 6.92 Å². The molecule has 4 aromatic carbocycles. The van der Waals surface area contributed by atoms with Gasteiger partial charge >= 0.3 is 11.9 Å². The zero-order valence-electron chi connectivity index (χ0n) is 23.5. The number of phenols is 1. The number of halogens is 2. The van der Waals surface area contributed by atoms with Crippen molar-refractivity contribution in [2.45, 2.75) is 39.2 Å². The van der Waals surface area contributed by atoms with Crippen molar-refractivity contribution in [3.05, 3.63) is 115 Å². The van der Waals surface area contributed by atoms with Crippen LogP contribution in [0.1, 0.15) is 64.0 Å². The van der Waals surface area contributed by atoms with Gasteiger partial charge in [0.15, 0.2) is 11.9 Å². The minimum absolute atomic E-state index is 0.0389. The second-order valence-corrected chi connectivity index (χ2v) is 11.8. The normalized spacial score (nSPS) is 11.7. The molecule has 0 saturated heterocycles. The maximum absolute atomic E-state index is 13.4. The first-order valence-electron chi connectivity index (χ1n) is 13.1. The van der Waals surface area contributed by atoms with Gasteiger partial charge in [-0.2, -0.15) is 0 Å². The zero-order chi connectivity index (χ0) is 30.6. The molecule has 0 amide bonds. The van der Waals surface area contributed by atoms with E-state index < -0.39 is 18.0 Å². The SMILES string of the molecule is COc1cc(C(OC(=O)c2ccc(O)cc2)c2cccc(C)c2)c(Oc2c(Br)cc(CC(=O)O)cc2Br)cc1C(C)C. The van der Waals surface area contributed by atoms with Crippen molar-refractivity contribution in [1.82, 2.24) is 0 Å². The lowest BCUT2D eigenvalue weighted by Gasteiger charge is -2.25. The Morgan fingerprint density at radius 2 is 1.52 bits per heavy atom. The number of carbonyl (C=O) groups is 2. The monoisotopic (exact) mass is 696 g/mol. The third-order valence-corrected chi connectivity index (χ3v) is 7.74. The summed E-state index contributed by atoms with van der Waals surface area (Å²) in [6.07, 6.45) is -1.04. The first-order valence-corrected chi connectivity index (χ1v) is 14.7. The molecule has 4 aromatic rings. The molecule has 0 spiro atoms. The summed E-state index contributed by atoms with van der Waals surface area (Å²) in [5.74, 6) is 0.0588. The third kappa shape index (κ3) is 7.33. The molecule has 2 N–H and O–H groups in total. The third-order valence-electron chi connectivity index (χ3n) is 6.56. The van der Waals surface area contributed by atoms with Gasteiger partial charge < -0.3 is 24.4 Å². The number of methoxy groups -OCH3 is 1. The number of hydrogen-bond acceptors (Lipinski definition) is 6. The van der Waals surface area contributed by atoms with Crippen LogP contribution >= 0.6 is 31.9 Å². The summed E-state index contributed by atoms with van der Waals surface area (Å²) in [7, 11) is 1.59. The van der Waals surface area contributed by atoms with Crippen LogP contribution in [0.3, 0.4) is 0 Å². The number of aryl methyl sites for hydroxylation is 1. The molecule has 4 rings (SSSR count). The number of hydrogen-bond donors (Lipinski definition) is 2. The second kappa shape index (κ2) is 13.4. The molecule has 0 aliphatic carbocycles. The van der Waals surface area contributed by atoms with Crippen molar-refractivity contribution in [2.24, 2.45) is 0 Å². The van der Waals surface area contributed by atoms with Gasteiger partial charge in [0, 0.05) is 11.1 Å².